The number of H-pyrrole nitrogens is 1. The number of piperidine rings is 1. The zero-order valence-electron chi connectivity index (χ0n) is 16.2. The average molecular weight is 396 g/mol. The number of hydrogen-bond donors (Lipinski definition) is 3. The Labute approximate surface area is 172 Å². The highest BCUT2D eigenvalue weighted by Gasteiger charge is 2.34. The lowest BCUT2D eigenvalue weighted by atomic mass is 9.98. The molecule has 1 fully saturated rings. The molecule has 0 radical (unpaired) electrons. The zero-order chi connectivity index (χ0) is 20.1. The van der Waals surface area contributed by atoms with Crippen molar-refractivity contribution in [1.82, 2.24) is 25.3 Å². The second-order valence-electron chi connectivity index (χ2n) is 8.01. The van der Waals surface area contributed by atoms with Crippen molar-refractivity contribution in [2.24, 2.45) is 0 Å². The molecule has 1 saturated heterocycles. The molecule has 2 bridgehead atoms. The first-order valence-corrected chi connectivity index (χ1v) is 10.2. The summed E-state index contributed by atoms with van der Waals surface area (Å²) in [7, 11) is 0. The standard InChI is InChI=1S/C23H20N6O/c30-23-21-13(3-4-27-23)6-20(16-10-25-12-26-11-16)29-22(21)28-17-1-2-18-14-5-15(9-24-8-14)19(18)7-17/h1-4,6-7,10-12,14-15,24H,5,8-9H2,(H,27,30)(H,28,29). The maximum atomic E-state index is 12.6. The van der Waals surface area contributed by atoms with Gasteiger partial charge in [0.05, 0.1) is 11.1 Å². The normalized spacial score (nSPS) is 19.6. The fourth-order valence-corrected chi connectivity index (χ4v) is 4.81. The van der Waals surface area contributed by atoms with Crippen LogP contribution in [0.4, 0.5) is 11.5 Å². The van der Waals surface area contributed by atoms with Crippen LogP contribution in [0.1, 0.15) is 29.4 Å². The Morgan fingerprint density at radius 2 is 1.83 bits per heavy atom. The lowest BCUT2D eigenvalue weighted by Crippen LogP contribution is -2.28. The third-order valence-electron chi connectivity index (χ3n) is 6.19. The molecule has 2 aliphatic rings. The van der Waals surface area contributed by atoms with Gasteiger partial charge in [0.25, 0.3) is 5.56 Å². The molecule has 148 valence electrons. The van der Waals surface area contributed by atoms with Crippen LogP contribution in [0.25, 0.3) is 22.0 Å². The third-order valence-corrected chi connectivity index (χ3v) is 6.19. The number of anilines is 2. The number of rotatable bonds is 3. The first kappa shape index (κ1) is 17.3. The van der Waals surface area contributed by atoms with Crippen molar-refractivity contribution >= 4 is 22.3 Å². The van der Waals surface area contributed by atoms with E-state index < -0.39 is 0 Å². The highest BCUT2D eigenvalue weighted by atomic mass is 16.1. The summed E-state index contributed by atoms with van der Waals surface area (Å²) in [6.45, 7) is 2.08. The van der Waals surface area contributed by atoms with E-state index in [4.69, 9.17) is 4.98 Å². The van der Waals surface area contributed by atoms with Gasteiger partial charge in [0.15, 0.2) is 0 Å². The molecule has 4 heterocycles. The minimum atomic E-state index is -0.167. The maximum Gasteiger partial charge on any atom is 0.259 e. The summed E-state index contributed by atoms with van der Waals surface area (Å²) in [6, 6.07) is 10.3. The van der Waals surface area contributed by atoms with Gasteiger partial charge in [0.1, 0.15) is 12.1 Å². The van der Waals surface area contributed by atoms with Gasteiger partial charge in [-0.25, -0.2) is 15.0 Å². The first-order chi connectivity index (χ1) is 14.8. The Morgan fingerprint density at radius 3 is 2.70 bits per heavy atom. The van der Waals surface area contributed by atoms with E-state index in [0.717, 1.165) is 35.4 Å². The minimum Gasteiger partial charge on any atom is -0.340 e. The third kappa shape index (κ3) is 2.78. The van der Waals surface area contributed by atoms with E-state index in [1.807, 2.05) is 12.1 Å². The predicted octanol–water partition coefficient (Wildman–Crippen LogP) is 3.30. The average Bonchev–Trinajstić information content (AvgIpc) is 3.03. The fraction of sp³-hybridized carbons (Fsp3) is 0.217. The van der Waals surface area contributed by atoms with Crippen LogP contribution in [0.3, 0.4) is 0 Å². The van der Waals surface area contributed by atoms with Gasteiger partial charge in [-0.15, -0.1) is 0 Å². The molecular formula is C23H20N6O. The van der Waals surface area contributed by atoms with Crippen LogP contribution in [0.5, 0.6) is 0 Å². The van der Waals surface area contributed by atoms with E-state index >= 15 is 0 Å². The van der Waals surface area contributed by atoms with E-state index in [1.165, 1.54) is 23.9 Å². The van der Waals surface area contributed by atoms with Gasteiger partial charge in [-0.05, 0) is 59.0 Å². The molecule has 6 rings (SSSR count). The first-order valence-electron chi connectivity index (χ1n) is 10.2. The highest BCUT2D eigenvalue weighted by Crippen LogP contribution is 2.44. The molecule has 7 nitrogen and oxygen atoms in total. The summed E-state index contributed by atoms with van der Waals surface area (Å²) in [5.74, 6) is 1.70. The van der Waals surface area contributed by atoms with Gasteiger partial charge < -0.3 is 15.6 Å². The molecule has 3 N–H and O–H groups in total. The van der Waals surface area contributed by atoms with Gasteiger partial charge in [-0.3, -0.25) is 4.79 Å². The Bertz CT molecular complexity index is 1320. The van der Waals surface area contributed by atoms with Gasteiger partial charge in [-0.2, -0.15) is 0 Å². The van der Waals surface area contributed by atoms with E-state index in [9.17, 15) is 4.79 Å². The second-order valence-corrected chi connectivity index (χ2v) is 8.01. The van der Waals surface area contributed by atoms with Crippen molar-refractivity contribution in [3.8, 4) is 11.3 Å². The SMILES string of the molecule is O=c1[nH]ccc2cc(-c3cncnc3)nc(Nc3ccc4c(c3)C3CNCC4C3)c12. The monoisotopic (exact) mass is 396 g/mol. The van der Waals surface area contributed by atoms with E-state index in [2.05, 4.69) is 43.8 Å². The molecule has 4 aromatic rings. The summed E-state index contributed by atoms with van der Waals surface area (Å²) in [6.07, 6.45) is 7.81. The molecule has 0 amide bonds. The summed E-state index contributed by atoms with van der Waals surface area (Å²) in [4.78, 5) is 28.3. The van der Waals surface area contributed by atoms with Crippen molar-refractivity contribution in [2.75, 3.05) is 18.4 Å². The lowest BCUT2D eigenvalue weighted by molar-refractivity contribution is 0.454. The molecule has 2 unspecified atom stereocenters. The van der Waals surface area contributed by atoms with Crippen LogP contribution in [-0.4, -0.2) is 33.0 Å². The smallest absolute Gasteiger partial charge is 0.259 e. The summed E-state index contributed by atoms with van der Waals surface area (Å²) in [5, 5.41) is 8.30. The number of aromatic amines is 1. The number of benzene rings is 1. The second kappa shape index (κ2) is 6.74. The molecule has 1 aliphatic heterocycles. The van der Waals surface area contributed by atoms with Gasteiger partial charge in [-0.1, -0.05) is 6.07 Å². The molecule has 2 atom stereocenters. The quantitative estimate of drug-likeness (QED) is 0.492. The van der Waals surface area contributed by atoms with Crippen LogP contribution in [0.15, 0.2) is 60.0 Å². The van der Waals surface area contributed by atoms with Gasteiger partial charge in [0, 0.05) is 42.9 Å². The Hall–Kier alpha value is -3.58. The van der Waals surface area contributed by atoms with Crippen molar-refractivity contribution in [3.05, 3.63) is 76.7 Å². The molecule has 0 spiro atoms. The largest absolute Gasteiger partial charge is 0.340 e. The lowest BCUT2D eigenvalue weighted by Gasteiger charge is -2.19. The van der Waals surface area contributed by atoms with E-state index in [1.54, 1.807) is 18.6 Å². The van der Waals surface area contributed by atoms with Gasteiger partial charge in [0.2, 0.25) is 0 Å². The van der Waals surface area contributed by atoms with Crippen molar-refractivity contribution < 1.29 is 0 Å². The summed E-state index contributed by atoms with van der Waals surface area (Å²) < 4.78 is 0. The molecule has 30 heavy (non-hydrogen) atoms. The van der Waals surface area contributed by atoms with Crippen LogP contribution in [0, 0.1) is 0 Å². The number of fused-ring (bicyclic) bond motifs is 6. The summed E-state index contributed by atoms with van der Waals surface area (Å²) >= 11 is 0. The summed E-state index contributed by atoms with van der Waals surface area (Å²) in [5.41, 5.74) is 5.15. The molecule has 0 saturated carbocycles. The van der Waals surface area contributed by atoms with Crippen molar-refractivity contribution in [2.45, 2.75) is 18.3 Å². The molecule has 1 aliphatic carbocycles. The van der Waals surface area contributed by atoms with E-state index in [0.29, 0.717) is 23.0 Å². The molecule has 7 heteroatoms. The predicted molar refractivity (Wildman–Crippen MR) is 116 cm³/mol. The van der Waals surface area contributed by atoms with E-state index in [-0.39, 0.29) is 5.56 Å². The Kier molecular flexibility index (Phi) is 3.89. The van der Waals surface area contributed by atoms with Crippen molar-refractivity contribution in [3.63, 3.8) is 0 Å². The topological polar surface area (TPSA) is 95.6 Å². The van der Waals surface area contributed by atoms with Crippen LogP contribution < -0.4 is 16.2 Å². The Morgan fingerprint density at radius 1 is 1.00 bits per heavy atom. The number of nitrogens with zero attached hydrogens (tertiary/aromatic N) is 3. The Balaban J connectivity index is 1.47. The zero-order valence-corrected chi connectivity index (χ0v) is 16.2. The number of hydrogen-bond acceptors (Lipinski definition) is 6. The molecule has 1 aromatic carbocycles. The highest BCUT2D eigenvalue weighted by molar-refractivity contribution is 5.95. The number of nitrogens with one attached hydrogen (secondary N) is 3. The fourth-order valence-electron chi connectivity index (χ4n) is 4.81. The number of aromatic nitrogens is 4. The van der Waals surface area contributed by atoms with Crippen LogP contribution in [-0.2, 0) is 0 Å². The van der Waals surface area contributed by atoms with Crippen LogP contribution >= 0.6 is 0 Å². The van der Waals surface area contributed by atoms with Crippen LogP contribution in [0.2, 0.25) is 0 Å². The molecular weight excluding hydrogens is 376 g/mol. The maximum absolute atomic E-state index is 12.6. The molecule has 3 aromatic heterocycles. The van der Waals surface area contributed by atoms with Gasteiger partial charge >= 0.3 is 0 Å². The van der Waals surface area contributed by atoms with Crippen molar-refractivity contribution in [1.29, 1.82) is 0 Å². The minimum absolute atomic E-state index is 0.167. The number of pyridine rings is 2.